The number of Topliss-reactive ketones (excluding diaryl/α,β-unsaturated/α-hetero) is 1. The predicted molar refractivity (Wildman–Crippen MR) is 83.6 cm³/mol. The second-order valence-electron chi connectivity index (χ2n) is 6.36. The van der Waals surface area contributed by atoms with E-state index in [2.05, 4.69) is 5.32 Å². The van der Waals surface area contributed by atoms with Crippen LogP contribution in [0, 0.1) is 5.41 Å². The summed E-state index contributed by atoms with van der Waals surface area (Å²) < 4.78 is 5.13. The molecule has 0 aliphatic carbocycles. The lowest BCUT2D eigenvalue weighted by molar-refractivity contribution is -0.123. The Morgan fingerprint density at radius 2 is 1.95 bits per heavy atom. The highest BCUT2D eigenvalue weighted by Gasteiger charge is 2.23. The molecule has 21 heavy (non-hydrogen) atoms. The van der Waals surface area contributed by atoms with E-state index >= 15 is 0 Å². The molecule has 1 rings (SSSR count). The van der Waals surface area contributed by atoms with Crippen LogP contribution in [-0.4, -0.2) is 24.8 Å². The summed E-state index contributed by atoms with van der Waals surface area (Å²) in [5.41, 5.74) is 0.457. The van der Waals surface area contributed by atoms with Crippen molar-refractivity contribution in [3.05, 3.63) is 29.8 Å². The summed E-state index contributed by atoms with van der Waals surface area (Å²) in [6.45, 7) is 7.88. The van der Waals surface area contributed by atoms with Gasteiger partial charge in [0.25, 0.3) is 0 Å². The smallest absolute Gasteiger partial charge is 0.221 e. The summed E-state index contributed by atoms with van der Waals surface area (Å²) in [7, 11) is 1.56. The van der Waals surface area contributed by atoms with Gasteiger partial charge in [-0.05, 0) is 24.0 Å². The number of nitrogens with one attached hydrogen (secondary N) is 1. The fraction of sp³-hybridized carbons (Fsp3) is 0.529. The van der Waals surface area contributed by atoms with Crippen LogP contribution in [0.1, 0.15) is 50.9 Å². The van der Waals surface area contributed by atoms with Gasteiger partial charge in [-0.3, -0.25) is 9.59 Å². The van der Waals surface area contributed by atoms with Crippen LogP contribution in [0.4, 0.5) is 0 Å². The van der Waals surface area contributed by atoms with Crippen molar-refractivity contribution in [3.63, 3.8) is 0 Å². The lowest BCUT2D eigenvalue weighted by Crippen LogP contribution is -2.41. The van der Waals surface area contributed by atoms with Crippen LogP contribution in [0.15, 0.2) is 24.3 Å². The molecule has 1 N–H and O–H groups in total. The maximum Gasteiger partial charge on any atom is 0.221 e. The summed E-state index contributed by atoms with van der Waals surface area (Å²) in [4.78, 5) is 24.5. The van der Waals surface area contributed by atoms with Gasteiger partial charge in [-0.15, -0.1) is 0 Å². The second kappa shape index (κ2) is 7.25. The fourth-order valence-electron chi connectivity index (χ4n) is 2.06. The number of amides is 1. The molecule has 116 valence electrons. The zero-order valence-electron chi connectivity index (χ0n) is 13.5. The van der Waals surface area contributed by atoms with Crippen LogP contribution in [0.25, 0.3) is 0 Å². The van der Waals surface area contributed by atoms with Gasteiger partial charge in [0.05, 0.1) is 13.2 Å². The van der Waals surface area contributed by atoms with Gasteiger partial charge in [0, 0.05) is 12.0 Å². The minimum Gasteiger partial charge on any atom is -0.497 e. The van der Waals surface area contributed by atoms with Crippen molar-refractivity contribution < 1.29 is 14.3 Å². The van der Waals surface area contributed by atoms with Crippen molar-refractivity contribution in [2.75, 3.05) is 7.11 Å². The molecule has 0 aromatic heterocycles. The Hall–Kier alpha value is -1.84. The van der Waals surface area contributed by atoms with Crippen LogP contribution < -0.4 is 10.1 Å². The molecule has 4 heteroatoms. The zero-order chi connectivity index (χ0) is 16.0. The number of rotatable bonds is 6. The van der Waals surface area contributed by atoms with Gasteiger partial charge in [0.2, 0.25) is 5.91 Å². The number of carbonyl (C=O) groups excluding carboxylic acids is 2. The van der Waals surface area contributed by atoms with E-state index in [0.717, 1.165) is 0 Å². The van der Waals surface area contributed by atoms with Crippen LogP contribution >= 0.6 is 0 Å². The average molecular weight is 291 g/mol. The standard InChI is InChI=1S/C17H25NO3/c1-6-14(18-15(19)11-17(2,3)4)16(20)12-8-7-9-13(10-12)21-5/h7-10,14H,6,11H2,1-5H3,(H,18,19)/t14-/m0/s1. The molecule has 0 heterocycles. The molecule has 0 aliphatic rings. The zero-order valence-corrected chi connectivity index (χ0v) is 13.5. The number of carbonyl (C=O) groups is 2. The van der Waals surface area contributed by atoms with E-state index in [4.69, 9.17) is 4.74 Å². The molecule has 4 nitrogen and oxygen atoms in total. The van der Waals surface area contributed by atoms with E-state index in [9.17, 15) is 9.59 Å². The van der Waals surface area contributed by atoms with Crippen molar-refractivity contribution in [1.29, 1.82) is 0 Å². The Morgan fingerprint density at radius 1 is 1.29 bits per heavy atom. The first-order valence-corrected chi connectivity index (χ1v) is 7.24. The quantitative estimate of drug-likeness (QED) is 0.819. The van der Waals surface area contributed by atoms with E-state index in [1.165, 1.54) is 0 Å². The first-order chi connectivity index (χ1) is 9.76. The Labute approximate surface area is 126 Å². The minimum atomic E-state index is -0.494. The van der Waals surface area contributed by atoms with E-state index < -0.39 is 6.04 Å². The van der Waals surface area contributed by atoms with Gasteiger partial charge >= 0.3 is 0 Å². The molecular weight excluding hydrogens is 266 g/mol. The Kier molecular flexibility index (Phi) is 5.94. The molecule has 1 amide bonds. The highest BCUT2D eigenvalue weighted by molar-refractivity contribution is 6.02. The number of ether oxygens (including phenoxy) is 1. The van der Waals surface area contributed by atoms with Crippen LogP contribution in [0.2, 0.25) is 0 Å². The third kappa shape index (κ3) is 5.58. The Balaban J connectivity index is 2.79. The number of benzene rings is 1. The molecule has 0 saturated carbocycles. The summed E-state index contributed by atoms with van der Waals surface area (Å²) in [5, 5.41) is 2.83. The monoisotopic (exact) mass is 291 g/mol. The number of hydrogen-bond donors (Lipinski definition) is 1. The molecule has 1 aromatic rings. The highest BCUT2D eigenvalue weighted by Crippen LogP contribution is 2.19. The maximum atomic E-state index is 12.5. The van der Waals surface area contributed by atoms with Gasteiger partial charge in [0.1, 0.15) is 5.75 Å². The average Bonchev–Trinajstić information content (AvgIpc) is 2.42. The van der Waals surface area contributed by atoms with E-state index in [0.29, 0.717) is 24.2 Å². The first-order valence-electron chi connectivity index (χ1n) is 7.24. The molecular formula is C17H25NO3. The molecule has 0 fully saturated rings. The molecule has 0 saturated heterocycles. The van der Waals surface area contributed by atoms with Gasteiger partial charge in [-0.2, -0.15) is 0 Å². The lowest BCUT2D eigenvalue weighted by atomic mass is 9.91. The normalized spacial score (nSPS) is 12.6. The molecule has 1 aromatic carbocycles. The molecule has 0 spiro atoms. The fourth-order valence-corrected chi connectivity index (χ4v) is 2.06. The van der Waals surface area contributed by atoms with Crippen LogP contribution in [-0.2, 0) is 4.79 Å². The summed E-state index contributed by atoms with van der Waals surface area (Å²) in [5.74, 6) is 0.459. The topological polar surface area (TPSA) is 55.4 Å². The Bertz CT molecular complexity index is 503. The van der Waals surface area contributed by atoms with Crippen molar-refractivity contribution >= 4 is 11.7 Å². The molecule has 0 bridgehead atoms. The van der Waals surface area contributed by atoms with E-state index in [1.807, 2.05) is 27.7 Å². The maximum absolute atomic E-state index is 12.5. The van der Waals surface area contributed by atoms with E-state index in [1.54, 1.807) is 31.4 Å². The highest BCUT2D eigenvalue weighted by atomic mass is 16.5. The van der Waals surface area contributed by atoms with Gasteiger partial charge < -0.3 is 10.1 Å². The lowest BCUT2D eigenvalue weighted by Gasteiger charge is -2.21. The van der Waals surface area contributed by atoms with Crippen molar-refractivity contribution in [3.8, 4) is 5.75 Å². The van der Waals surface area contributed by atoms with Gasteiger partial charge in [-0.25, -0.2) is 0 Å². The Morgan fingerprint density at radius 3 is 2.48 bits per heavy atom. The third-order valence-electron chi connectivity index (χ3n) is 3.11. The summed E-state index contributed by atoms with van der Waals surface area (Å²) in [6, 6.07) is 6.50. The molecule has 0 unspecified atom stereocenters. The number of methoxy groups -OCH3 is 1. The van der Waals surface area contributed by atoms with Crippen molar-refractivity contribution in [2.45, 2.75) is 46.6 Å². The van der Waals surface area contributed by atoms with Crippen LogP contribution in [0.3, 0.4) is 0 Å². The SMILES string of the molecule is CC[C@H](NC(=O)CC(C)(C)C)C(=O)c1cccc(OC)c1. The first kappa shape index (κ1) is 17.2. The van der Waals surface area contributed by atoms with Gasteiger partial charge in [-0.1, -0.05) is 39.8 Å². The van der Waals surface area contributed by atoms with Crippen LogP contribution in [0.5, 0.6) is 5.75 Å². The number of hydrogen-bond acceptors (Lipinski definition) is 3. The molecule has 0 radical (unpaired) electrons. The molecule has 0 aliphatic heterocycles. The van der Waals surface area contributed by atoms with Crippen molar-refractivity contribution in [2.24, 2.45) is 5.41 Å². The molecule has 1 atom stereocenters. The minimum absolute atomic E-state index is 0.0846. The van der Waals surface area contributed by atoms with Crippen molar-refractivity contribution in [1.82, 2.24) is 5.32 Å². The second-order valence-corrected chi connectivity index (χ2v) is 6.36. The van der Waals surface area contributed by atoms with E-state index in [-0.39, 0.29) is 17.1 Å². The summed E-state index contributed by atoms with van der Waals surface area (Å²) in [6.07, 6.45) is 0.959. The number of ketones is 1. The third-order valence-corrected chi connectivity index (χ3v) is 3.11. The predicted octanol–water partition coefficient (Wildman–Crippen LogP) is 3.21. The van der Waals surface area contributed by atoms with Gasteiger partial charge in [0.15, 0.2) is 5.78 Å². The summed E-state index contributed by atoms with van der Waals surface area (Å²) >= 11 is 0. The largest absolute Gasteiger partial charge is 0.497 e.